The molecule has 0 radical (unpaired) electrons. The summed E-state index contributed by atoms with van der Waals surface area (Å²) in [6, 6.07) is 8.11. The highest BCUT2D eigenvalue weighted by Gasteiger charge is 2.34. The summed E-state index contributed by atoms with van der Waals surface area (Å²) in [5.74, 6) is 0.697. The van der Waals surface area contributed by atoms with Gasteiger partial charge in [0.15, 0.2) is 0 Å². The summed E-state index contributed by atoms with van der Waals surface area (Å²) >= 11 is 0. The highest BCUT2D eigenvalue weighted by atomic mass is 16.2. The van der Waals surface area contributed by atoms with Gasteiger partial charge in [0.25, 0.3) is 5.91 Å². The van der Waals surface area contributed by atoms with Gasteiger partial charge in [-0.2, -0.15) is 0 Å². The van der Waals surface area contributed by atoms with Crippen molar-refractivity contribution in [3.8, 4) is 0 Å². The summed E-state index contributed by atoms with van der Waals surface area (Å²) in [4.78, 5) is 15.1. The number of likely N-dealkylation sites (tertiary alicyclic amines) is 1. The minimum absolute atomic E-state index is 0.148. The fourth-order valence-corrected chi connectivity index (χ4v) is 3.44. The summed E-state index contributed by atoms with van der Waals surface area (Å²) in [7, 11) is 2.00. The van der Waals surface area contributed by atoms with Crippen LogP contribution in [0.1, 0.15) is 37.0 Å². The SMILES string of the molecule is CCCNC1CC(C)CN1C(=O)c1cn(C)c2ccccc12. The normalized spacial score (nSPS) is 21.7. The zero-order chi connectivity index (χ0) is 15.7. The first-order chi connectivity index (χ1) is 10.6. The molecular weight excluding hydrogens is 274 g/mol. The van der Waals surface area contributed by atoms with E-state index in [0.717, 1.165) is 42.4 Å². The lowest BCUT2D eigenvalue weighted by Crippen LogP contribution is -2.44. The lowest BCUT2D eigenvalue weighted by Gasteiger charge is -2.25. The van der Waals surface area contributed by atoms with Gasteiger partial charge in [0.2, 0.25) is 0 Å². The van der Waals surface area contributed by atoms with Gasteiger partial charge in [-0.05, 0) is 31.4 Å². The zero-order valence-corrected chi connectivity index (χ0v) is 13.7. The number of amides is 1. The van der Waals surface area contributed by atoms with E-state index < -0.39 is 0 Å². The predicted molar refractivity (Wildman–Crippen MR) is 89.8 cm³/mol. The molecule has 2 unspecified atom stereocenters. The number of hydrogen-bond acceptors (Lipinski definition) is 2. The number of nitrogens with one attached hydrogen (secondary N) is 1. The number of aromatic nitrogens is 1. The van der Waals surface area contributed by atoms with E-state index in [9.17, 15) is 4.79 Å². The first kappa shape index (κ1) is 15.1. The molecule has 0 spiro atoms. The molecule has 0 bridgehead atoms. The van der Waals surface area contributed by atoms with Crippen LogP contribution in [-0.2, 0) is 7.05 Å². The van der Waals surface area contributed by atoms with Crippen molar-refractivity contribution >= 4 is 16.8 Å². The topological polar surface area (TPSA) is 37.3 Å². The van der Waals surface area contributed by atoms with Crippen LogP contribution in [0.4, 0.5) is 0 Å². The average Bonchev–Trinajstić information content (AvgIpc) is 3.06. The van der Waals surface area contributed by atoms with Gasteiger partial charge in [0.05, 0.1) is 11.7 Å². The third-order valence-electron chi connectivity index (χ3n) is 4.53. The summed E-state index contributed by atoms with van der Waals surface area (Å²) in [6.45, 7) is 6.17. The molecule has 4 nitrogen and oxygen atoms in total. The van der Waals surface area contributed by atoms with E-state index in [-0.39, 0.29) is 12.1 Å². The Bertz CT molecular complexity index is 676. The Morgan fingerprint density at radius 1 is 1.36 bits per heavy atom. The van der Waals surface area contributed by atoms with Crippen LogP contribution >= 0.6 is 0 Å². The van der Waals surface area contributed by atoms with Crippen molar-refractivity contribution in [1.29, 1.82) is 0 Å². The predicted octanol–water partition coefficient (Wildman–Crippen LogP) is 2.99. The van der Waals surface area contributed by atoms with Crippen LogP contribution < -0.4 is 5.32 Å². The summed E-state index contributed by atoms with van der Waals surface area (Å²) < 4.78 is 2.04. The van der Waals surface area contributed by atoms with Crippen LogP contribution in [0.5, 0.6) is 0 Å². The highest BCUT2D eigenvalue weighted by Crippen LogP contribution is 2.27. The number of carbonyl (C=O) groups is 1. The number of hydrogen-bond donors (Lipinski definition) is 1. The molecule has 1 amide bonds. The van der Waals surface area contributed by atoms with Gasteiger partial charge in [-0.3, -0.25) is 10.1 Å². The van der Waals surface area contributed by atoms with Crippen molar-refractivity contribution in [3.63, 3.8) is 0 Å². The molecule has 2 aromatic rings. The lowest BCUT2D eigenvalue weighted by atomic mass is 10.1. The molecule has 1 N–H and O–H groups in total. The fraction of sp³-hybridized carbons (Fsp3) is 0.500. The Kier molecular flexibility index (Phi) is 4.21. The van der Waals surface area contributed by atoms with Gasteiger partial charge in [-0.1, -0.05) is 32.0 Å². The smallest absolute Gasteiger partial charge is 0.257 e. The molecule has 1 aromatic carbocycles. The maximum atomic E-state index is 13.1. The number of aryl methyl sites for hydroxylation is 1. The Morgan fingerprint density at radius 2 is 2.14 bits per heavy atom. The number of carbonyl (C=O) groups excluding carboxylic acids is 1. The molecular formula is C18H25N3O. The van der Waals surface area contributed by atoms with Crippen molar-refractivity contribution in [2.24, 2.45) is 13.0 Å². The first-order valence-electron chi connectivity index (χ1n) is 8.20. The highest BCUT2D eigenvalue weighted by molar-refractivity contribution is 6.07. The maximum Gasteiger partial charge on any atom is 0.257 e. The standard InChI is InChI=1S/C18H25N3O/c1-4-9-19-17-10-13(2)11-21(17)18(22)15-12-20(3)16-8-6-5-7-14(15)16/h5-8,12-13,17,19H,4,9-11H2,1-3H3. The van der Waals surface area contributed by atoms with E-state index in [1.165, 1.54) is 0 Å². The summed E-state index contributed by atoms with van der Waals surface area (Å²) in [6.07, 6.45) is 4.26. The van der Waals surface area contributed by atoms with Gasteiger partial charge < -0.3 is 9.47 Å². The molecule has 1 aliphatic heterocycles. The molecule has 3 rings (SSSR count). The van der Waals surface area contributed by atoms with Crippen LogP contribution in [0.2, 0.25) is 0 Å². The maximum absolute atomic E-state index is 13.1. The molecule has 22 heavy (non-hydrogen) atoms. The van der Waals surface area contributed by atoms with Crippen LogP contribution in [0, 0.1) is 5.92 Å². The van der Waals surface area contributed by atoms with Crippen molar-refractivity contribution in [2.45, 2.75) is 32.9 Å². The Morgan fingerprint density at radius 3 is 2.91 bits per heavy atom. The van der Waals surface area contributed by atoms with E-state index >= 15 is 0 Å². The van der Waals surface area contributed by atoms with Crippen molar-refractivity contribution < 1.29 is 4.79 Å². The van der Waals surface area contributed by atoms with Crippen LogP contribution in [-0.4, -0.2) is 34.6 Å². The number of para-hydroxylation sites is 1. The number of nitrogens with zero attached hydrogens (tertiary/aromatic N) is 2. The van der Waals surface area contributed by atoms with Gasteiger partial charge in [0.1, 0.15) is 0 Å². The molecule has 118 valence electrons. The van der Waals surface area contributed by atoms with Crippen LogP contribution in [0.3, 0.4) is 0 Å². The van der Waals surface area contributed by atoms with E-state index in [0.29, 0.717) is 5.92 Å². The number of benzene rings is 1. The third kappa shape index (κ3) is 2.63. The molecule has 0 saturated carbocycles. The second kappa shape index (κ2) is 6.13. The van der Waals surface area contributed by atoms with E-state index in [1.54, 1.807) is 0 Å². The van der Waals surface area contributed by atoms with Gasteiger partial charge >= 0.3 is 0 Å². The Hall–Kier alpha value is -1.81. The molecule has 1 aliphatic rings. The second-order valence-corrected chi connectivity index (χ2v) is 6.44. The average molecular weight is 299 g/mol. The second-order valence-electron chi connectivity index (χ2n) is 6.44. The quantitative estimate of drug-likeness (QED) is 0.942. The lowest BCUT2D eigenvalue weighted by molar-refractivity contribution is 0.0710. The largest absolute Gasteiger partial charge is 0.350 e. The number of rotatable bonds is 4. The molecule has 2 heterocycles. The van der Waals surface area contributed by atoms with Crippen molar-refractivity contribution in [2.75, 3.05) is 13.1 Å². The summed E-state index contributed by atoms with van der Waals surface area (Å²) in [5, 5.41) is 4.56. The van der Waals surface area contributed by atoms with Gasteiger partial charge in [0, 0.05) is 30.7 Å². The van der Waals surface area contributed by atoms with E-state index in [1.807, 2.05) is 40.9 Å². The fourth-order valence-electron chi connectivity index (χ4n) is 3.44. The van der Waals surface area contributed by atoms with Crippen LogP contribution in [0.25, 0.3) is 10.9 Å². The van der Waals surface area contributed by atoms with E-state index in [2.05, 4.69) is 25.2 Å². The van der Waals surface area contributed by atoms with Crippen molar-refractivity contribution in [1.82, 2.24) is 14.8 Å². The zero-order valence-electron chi connectivity index (χ0n) is 13.7. The minimum atomic E-state index is 0.148. The third-order valence-corrected chi connectivity index (χ3v) is 4.53. The molecule has 1 saturated heterocycles. The molecule has 2 atom stereocenters. The first-order valence-corrected chi connectivity index (χ1v) is 8.20. The molecule has 4 heteroatoms. The van der Waals surface area contributed by atoms with E-state index in [4.69, 9.17) is 0 Å². The minimum Gasteiger partial charge on any atom is -0.350 e. The van der Waals surface area contributed by atoms with Gasteiger partial charge in [-0.15, -0.1) is 0 Å². The monoisotopic (exact) mass is 299 g/mol. The Labute approximate surface area is 132 Å². The molecule has 1 fully saturated rings. The van der Waals surface area contributed by atoms with Crippen molar-refractivity contribution in [3.05, 3.63) is 36.0 Å². The molecule has 1 aromatic heterocycles. The number of fused-ring (bicyclic) bond motifs is 1. The summed E-state index contributed by atoms with van der Waals surface area (Å²) in [5.41, 5.74) is 1.92. The Balaban J connectivity index is 1.91. The van der Waals surface area contributed by atoms with Gasteiger partial charge in [-0.25, -0.2) is 0 Å². The van der Waals surface area contributed by atoms with Crippen LogP contribution in [0.15, 0.2) is 30.5 Å². The molecule has 0 aliphatic carbocycles.